The molecule has 120 heavy (non-hydrogen) atoms. The number of aromatic amines is 6. The summed E-state index contributed by atoms with van der Waals surface area (Å²) in [4.78, 5) is 143. The molecular formula is C88H100N24O8. The molecule has 32 nitrogen and oxygen atoms in total. The smallest absolute Gasteiger partial charge is 0.269 e. The van der Waals surface area contributed by atoms with Gasteiger partial charge in [-0.3, -0.25) is 48.3 Å². The third-order valence-electron chi connectivity index (χ3n) is 22.3. The van der Waals surface area contributed by atoms with Crippen LogP contribution < -0.4 is 65.5 Å². The van der Waals surface area contributed by atoms with Crippen LogP contribution in [-0.2, 0) is 51.4 Å². The zero-order chi connectivity index (χ0) is 84.0. The lowest BCUT2D eigenvalue weighted by Gasteiger charge is -2.31. The molecule has 0 fully saturated rings. The number of aryl methyl sites for hydroxylation is 2. The fraction of sp³-hybridized carbons (Fsp3) is 0.295. The Morgan fingerprint density at radius 3 is 0.800 bits per heavy atom. The number of imidazole rings is 4. The van der Waals surface area contributed by atoms with E-state index in [9.17, 15) is 38.4 Å². The fourth-order valence-electron chi connectivity index (χ4n) is 15.6. The van der Waals surface area contributed by atoms with Gasteiger partial charge in [0.05, 0.1) is 22.8 Å². The Balaban J connectivity index is 0.000000138. The number of rotatable bonds is 24. The zero-order valence-corrected chi connectivity index (χ0v) is 66.7. The van der Waals surface area contributed by atoms with Crippen LogP contribution >= 0.6 is 0 Å². The molecular weight excluding hydrogens is 1520 g/mol. The molecule has 4 aromatic carbocycles. The number of nitrogens with one attached hydrogen (secondary N) is 14. The van der Waals surface area contributed by atoms with E-state index in [-0.39, 0.29) is 94.6 Å². The molecule has 8 unspecified atom stereocenters. The molecule has 16 rings (SSSR count). The predicted molar refractivity (Wildman–Crippen MR) is 454 cm³/mol. The molecule has 0 bridgehead atoms. The van der Waals surface area contributed by atoms with Crippen molar-refractivity contribution in [2.24, 2.45) is 47.3 Å². The van der Waals surface area contributed by atoms with Gasteiger partial charge in [0, 0.05) is 122 Å². The lowest BCUT2D eigenvalue weighted by molar-refractivity contribution is 0.0910. The summed E-state index contributed by atoms with van der Waals surface area (Å²) in [5.74, 6) is 1.53. The number of carbonyl (C=O) groups excluding carboxylic acids is 8. The number of H-pyrrole nitrogens is 6. The second-order valence-corrected chi connectivity index (χ2v) is 30.6. The van der Waals surface area contributed by atoms with Gasteiger partial charge in [-0.1, -0.05) is 83.9 Å². The number of fused-ring (bicyclic) bond motifs is 4. The Hall–Kier alpha value is -14.5. The second kappa shape index (κ2) is 39.9. The minimum atomic E-state index is -0.223. The number of aromatic nitrogens is 12. The summed E-state index contributed by atoms with van der Waals surface area (Å²) >= 11 is 0. The van der Waals surface area contributed by atoms with E-state index >= 15 is 0 Å². The Kier molecular flexibility index (Phi) is 27.8. The summed E-state index contributed by atoms with van der Waals surface area (Å²) in [7, 11) is 0. The fourth-order valence-corrected chi connectivity index (χ4v) is 15.6. The highest BCUT2D eigenvalue weighted by atomic mass is 16.2. The van der Waals surface area contributed by atoms with Crippen molar-refractivity contribution in [1.29, 1.82) is 0 Å². The molecule has 4 aliphatic rings. The van der Waals surface area contributed by atoms with Crippen LogP contribution in [0.15, 0.2) is 195 Å². The maximum absolute atomic E-state index is 12.6. The first-order valence-electron chi connectivity index (χ1n) is 40.1. The van der Waals surface area contributed by atoms with Crippen LogP contribution in [0.3, 0.4) is 0 Å². The molecule has 620 valence electrons. The number of nitrogen functional groups attached to an aromatic ring is 4. The van der Waals surface area contributed by atoms with E-state index in [2.05, 4.69) is 102 Å². The van der Waals surface area contributed by atoms with Gasteiger partial charge in [-0.25, -0.2) is 19.9 Å². The molecule has 0 aliphatic heterocycles. The van der Waals surface area contributed by atoms with Gasteiger partial charge < -0.3 is 95.4 Å². The normalized spacial score (nSPS) is 17.8. The van der Waals surface area contributed by atoms with Gasteiger partial charge in [0.1, 0.15) is 22.8 Å². The minimum absolute atomic E-state index is 0.0943. The first-order chi connectivity index (χ1) is 58.2. The number of anilines is 4. The van der Waals surface area contributed by atoms with Crippen molar-refractivity contribution in [3.8, 4) is 0 Å². The summed E-state index contributed by atoms with van der Waals surface area (Å²) < 4.78 is 0. The van der Waals surface area contributed by atoms with Gasteiger partial charge >= 0.3 is 0 Å². The molecule has 0 spiro atoms. The number of benzene rings is 4. The lowest BCUT2D eigenvalue weighted by atomic mass is 9.79. The van der Waals surface area contributed by atoms with E-state index in [1.165, 1.54) is 0 Å². The first kappa shape index (κ1) is 83.5. The number of nitrogens with two attached hydrogens (primary N) is 4. The maximum Gasteiger partial charge on any atom is 0.269 e. The monoisotopic (exact) mass is 1620 g/mol. The van der Waals surface area contributed by atoms with Crippen molar-refractivity contribution in [2.45, 2.75) is 65.2 Å². The van der Waals surface area contributed by atoms with Crippen molar-refractivity contribution in [2.75, 3.05) is 75.3 Å². The van der Waals surface area contributed by atoms with Gasteiger partial charge in [0.2, 0.25) is 0 Å². The third kappa shape index (κ3) is 22.6. The van der Waals surface area contributed by atoms with E-state index in [1.54, 1.807) is 110 Å². The van der Waals surface area contributed by atoms with Crippen LogP contribution in [0.1, 0.15) is 140 Å². The molecule has 22 N–H and O–H groups in total. The van der Waals surface area contributed by atoms with Crippen LogP contribution in [0, 0.1) is 61.2 Å². The maximum atomic E-state index is 12.6. The van der Waals surface area contributed by atoms with Crippen LogP contribution in [0.4, 0.5) is 23.8 Å². The minimum Gasteiger partial charge on any atom is -0.369 e. The van der Waals surface area contributed by atoms with E-state index in [0.717, 1.165) is 69.5 Å². The van der Waals surface area contributed by atoms with Crippen LogP contribution in [0.2, 0.25) is 0 Å². The average Bonchev–Trinajstić information content (AvgIpc) is 1.68. The highest BCUT2D eigenvalue weighted by Gasteiger charge is 2.36. The molecule has 12 aromatic rings. The Labute approximate surface area is 692 Å². The van der Waals surface area contributed by atoms with Crippen molar-refractivity contribution >= 4 is 71.1 Å². The molecule has 0 radical (unpaired) electrons. The van der Waals surface area contributed by atoms with Crippen LogP contribution in [-0.4, -0.2) is 159 Å². The van der Waals surface area contributed by atoms with Crippen LogP contribution in [0.5, 0.6) is 0 Å². The number of nitrogens with zero attached hydrogens (tertiary/aromatic N) is 6. The summed E-state index contributed by atoms with van der Waals surface area (Å²) in [6.07, 6.45) is 12.2. The molecule has 0 saturated heterocycles. The quantitative estimate of drug-likeness (QED) is 0.0296. The van der Waals surface area contributed by atoms with Crippen molar-refractivity contribution in [1.82, 2.24) is 102 Å². The molecule has 32 heteroatoms. The van der Waals surface area contributed by atoms with E-state index < -0.39 is 0 Å². The van der Waals surface area contributed by atoms with Gasteiger partial charge in [-0.2, -0.15) is 0 Å². The largest absolute Gasteiger partial charge is 0.369 e. The number of hydrogen-bond donors (Lipinski definition) is 18. The molecule has 0 saturated carbocycles. The molecule has 8 amide bonds. The third-order valence-corrected chi connectivity index (χ3v) is 22.3. The van der Waals surface area contributed by atoms with Crippen LogP contribution in [0.25, 0.3) is 0 Å². The predicted octanol–water partition coefficient (Wildman–Crippen LogP) is 6.79. The van der Waals surface area contributed by atoms with Crippen molar-refractivity contribution in [3.63, 3.8) is 0 Å². The van der Waals surface area contributed by atoms with E-state index in [1.807, 2.05) is 98.8 Å². The lowest BCUT2D eigenvalue weighted by Crippen LogP contribution is -2.42. The summed E-state index contributed by atoms with van der Waals surface area (Å²) in [5.41, 5.74) is 37.6. The Bertz CT molecular complexity index is 4930. The number of carbonyl (C=O) groups is 8. The van der Waals surface area contributed by atoms with Crippen molar-refractivity contribution in [3.05, 3.63) is 296 Å². The number of pyridine rings is 2. The average molecular weight is 1620 g/mol. The van der Waals surface area contributed by atoms with Gasteiger partial charge in [-0.15, -0.1) is 0 Å². The molecule has 8 heterocycles. The van der Waals surface area contributed by atoms with Gasteiger partial charge in [0.25, 0.3) is 47.3 Å². The molecule has 8 atom stereocenters. The Morgan fingerprint density at radius 1 is 0.292 bits per heavy atom. The summed E-state index contributed by atoms with van der Waals surface area (Å²) in [6.45, 7) is 7.92. The highest BCUT2D eigenvalue weighted by Crippen LogP contribution is 2.34. The molecule has 4 aliphatic carbocycles. The number of amides is 8. The first-order valence-corrected chi connectivity index (χ1v) is 40.1. The number of hydrogen-bond acceptors (Lipinski definition) is 18. The zero-order valence-electron chi connectivity index (χ0n) is 66.7. The van der Waals surface area contributed by atoms with Gasteiger partial charge in [-0.05, 0) is 210 Å². The highest BCUT2D eigenvalue weighted by molar-refractivity contribution is 5.97. The topological polar surface area (TPSA) is 509 Å². The molecule has 8 aromatic heterocycles. The van der Waals surface area contributed by atoms with E-state index in [4.69, 9.17) is 22.9 Å². The second-order valence-electron chi connectivity index (χ2n) is 30.6. The standard InChI is InChI=1S/C25H29N5O2.C23H25N5O2.C21H23N7O2.C19H23N7O2/c1-15-3-7-17(8-4-15)23(31)27-13-19-11-21-22(30-25(26)29-21)12-20(19)14-28-24(32)18-9-5-16(2)6-10-18;24-23-27-19-11-17(13-25-21(29)15-7-3-1-4-8-15)18(12-20(19)28-23)14-26-22(30)16-9-5-2-6-10-16;22-21-27-17-9-13(11-25-19(29)15-5-1-3-7-23-15)14(10-18(17)28-21)12-26-20(30)16-6-2-4-8-24-16;20-19-25-15-7-11(9-23-17(27)13-3-1-5-21-13)12(8-16(15)26-19)10-24-18(28)14-4-2-6-22-14/h3-10,19-20H,11-14H2,1-2H3,(H,27,31)(H,28,32)(H3,26,29,30);1-10,17-18H,11-14H2,(H,25,29)(H,26,30)(H3,24,27,28);1-8,13-14H,9-12H2,(H,25,29)(H,26,30)(H3,22,27,28);1-6,11-12,21-22H,7-10H2,(H,23,27)(H,24,28)(H3,20,25,26). The summed E-state index contributed by atoms with van der Waals surface area (Å²) in [6, 6.07) is 50.8. The SMILES string of the molecule is Cc1ccc(C(=O)NCC2Cc3nc(N)[nH]c3CC2CNC(=O)c2ccc(C)cc2)cc1.Nc1nc2c([nH]1)CC(CNC(=O)c1ccc[nH]1)C(CNC(=O)c1ccc[nH]1)C2.Nc1nc2c([nH]1)CC(CNC(=O)c1ccccc1)C(CNC(=O)c1ccccc1)C2.Nc1nc2c([nH]1)CC(CNC(=O)c1ccccn1)C(CNC(=O)c1ccccn1)C2. The van der Waals surface area contributed by atoms with E-state index in [0.29, 0.717) is 160 Å². The van der Waals surface area contributed by atoms with Crippen molar-refractivity contribution < 1.29 is 38.4 Å². The summed E-state index contributed by atoms with van der Waals surface area (Å²) in [5, 5.41) is 24.1. The Morgan fingerprint density at radius 2 is 0.542 bits per heavy atom. The van der Waals surface area contributed by atoms with Gasteiger partial charge in [0.15, 0.2) is 23.8 Å².